The van der Waals surface area contributed by atoms with E-state index in [-0.39, 0.29) is 0 Å². The first kappa shape index (κ1) is 13.2. The Morgan fingerprint density at radius 2 is 2.21 bits per heavy atom. The van der Waals surface area contributed by atoms with Gasteiger partial charge in [-0.15, -0.1) is 0 Å². The van der Waals surface area contributed by atoms with Gasteiger partial charge < -0.3 is 9.87 Å². The molecule has 6 heteroatoms. The normalized spacial score (nSPS) is 14.0. The molecule has 1 atom stereocenters. The maximum absolute atomic E-state index is 11.1. The van der Waals surface area contributed by atoms with Gasteiger partial charge in [0.15, 0.2) is 0 Å². The van der Waals surface area contributed by atoms with Crippen LogP contribution < -0.4 is 5.32 Å². The van der Waals surface area contributed by atoms with Gasteiger partial charge in [0.2, 0.25) is 0 Å². The number of rotatable bonds is 3. The van der Waals surface area contributed by atoms with Crippen molar-refractivity contribution >= 4 is 22.3 Å². The van der Waals surface area contributed by atoms with Crippen LogP contribution in [0.1, 0.15) is 20.3 Å². The lowest BCUT2D eigenvalue weighted by atomic mass is 10.1. The lowest BCUT2D eigenvalue weighted by Crippen LogP contribution is -2.20. The molecule has 0 heterocycles. The third-order valence-corrected chi connectivity index (χ3v) is 2.25. The summed E-state index contributed by atoms with van der Waals surface area (Å²) in [5.74, 6) is 0.325. The van der Waals surface area contributed by atoms with E-state index in [9.17, 15) is 9.35 Å². The molecule has 0 aliphatic heterocycles. The highest BCUT2D eigenvalue weighted by Crippen LogP contribution is 2.06. The monoisotopic (exact) mass is 220 g/mol. The van der Waals surface area contributed by atoms with Gasteiger partial charge in [-0.1, -0.05) is 13.8 Å². The van der Waals surface area contributed by atoms with Crippen LogP contribution in [0.25, 0.3) is 0 Å². The van der Waals surface area contributed by atoms with Crippen LogP contribution in [0, 0.1) is 5.92 Å². The second-order valence-corrected chi connectivity index (χ2v) is 4.55. The molecule has 0 aromatic rings. The quantitative estimate of drug-likeness (QED) is 0.254. The van der Waals surface area contributed by atoms with E-state index < -0.39 is 17.3 Å². The van der Waals surface area contributed by atoms with Gasteiger partial charge in [0.1, 0.15) is 6.26 Å². The van der Waals surface area contributed by atoms with E-state index in [0.29, 0.717) is 17.4 Å². The summed E-state index contributed by atoms with van der Waals surface area (Å²) in [4.78, 5) is 15.1. The van der Waals surface area contributed by atoms with E-state index in [1.807, 2.05) is 13.8 Å². The zero-order valence-corrected chi connectivity index (χ0v) is 9.68. The molecule has 1 unspecified atom stereocenters. The van der Waals surface area contributed by atoms with Crippen LogP contribution in [0.4, 0.5) is 4.79 Å². The third-order valence-electron chi connectivity index (χ3n) is 1.35. The molecule has 82 valence electrons. The average molecular weight is 220 g/mol. The van der Waals surface area contributed by atoms with Gasteiger partial charge in [0.05, 0.1) is 0 Å². The van der Waals surface area contributed by atoms with E-state index in [0.717, 1.165) is 0 Å². The minimum absolute atomic E-state index is 0.325. The highest BCUT2D eigenvalue weighted by molar-refractivity contribution is 8.05. The smallest absolute Gasteiger partial charge is 0.433 e. The van der Waals surface area contributed by atoms with Crippen LogP contribution in [0.15, 0.2) is 5.16 Å². The van der Waals surface area contributed by atoms with Gasteiger partial charge in [-0.25, -0.2) is 4.79 Å². The molecule has 0 saturated heterocycles. The van der Waals surface area contributed by atoms with Crippen molar-refractivity contribution < 1.29 is 14.2 Å². The van der Waals surface area contributed by atoms with Crippen molar-refractivity contribution in [3.8, 4) is 0 Å². The molecule has 0 aromatic carbocycles. The number of carbonyl (C=O) groups is 1. The molecule has 1 N–H and O–H groups in total. The summed E-state index contributed by atoms with van der Waals surface area (Å²) in [7, 11) is 1.43. The Morgan fingerprint density at radius 1 is 1.64 bits per heavy atom. The summed E-state index contributed by atoms with van der Waals surface area (Å²) in [6, 6.07) is 0. The van der Waals surface area contributed by atoms with Crippen molar-refractivity contribution in [1.82, 2.24) is 5.32 Å². The lowest BCUT2D eigenvalue weighted by Gasteiger charge is -2.08. The lowest BCUT2D eigenvalue weighted by molar-refractivity contribution is 0.153. The zero-order chi connectivity index (χ0) is 11.1. The predicted molar refractivity (Wildman–Crippen MR) is 56.5 cm³/mol. The first-order valence-electron chi connectivity index (χ1n) is 4.26. The molecule has 5 nitrogen and oxygen atoms in total. The minimum Gasteiger partial charge on any atom is -0.611 e. The molecule has 14 heavy (non-hydrogen) atoms. The molecule has 0 aliphatic rings. The molecule has 0 aromatic heterocycles. The van der Waals surface area contributed by atoms with E-state index in [1.165, 1.54) is 13.3 Å². The van der Waals surface area contributed by atoms with Crippen molar-refractivity contribution in [3.05, 3.63) is 0 Å². The Hall–Kier alpha value is -0.750. The van der Waals surface area contributed by atoms with Crippen LogP contribution in [0.3, 0.4) is 0 Å². The average Bonchev–Trinajstić information content (AvgIpc) is 2.10. The van der Waals surface area contributed by atoms with Gasteiger partial charge in [-0.05, 0) is 11.1 Å². The Morgan fingerprint density at radius 3 is 2.57 bits per heavy atom. The van der Waals surface area contributed by atoms with E-state index in [1.54, 1.807) is 0 Å². The predicted octanol–water partition coefficient (Wildman–Crippen LogP) is 1.08. The Balaban J connectivity index is 4.26. The second kappa shape index (κ2) is 6.67. The molecule has 0 rings (SSSR count). The van der Waals surface area contributed by atoms with Crippen molar-refractivity contribution in [2.45, 2.75) is 20.3 Å². The summed E-state index contributed by atoms with van der Waals surface area (Å²) in [6.07, 6.45) is 1.41. The Kier molecular flexibility index (Phi) is 6.31. The zero-order valence-electron chi connectivity index (χ0n) is 8.86. The summed E-state index contributed by atoms with van der Waals surface area (Å²) in [6.45, 7) is 3.95. The Labute approximate surface area is 87.1 Å². The SMILES string of the molecule is CNC(=O)ON=C(CC(C)C)[S+](C)[O-]. The second-order valence-electron chi connectivity index (χ2n) is 3.17. The molecular formula is C8H16N2O3S. The fourth-order valence-corrected chi connectivity index (χ4v) is 1.40. The van der Waals surface area contributed by atoms with Crippen LogP contribution in [-0.4, -0.2) is 29.0 Å². The van der Waals surface area contributed by atoms with E-state index in [4.69, 9.17) is 0 Å². The largest absolute Gasteiger partial charge is 0.611 e. The van der Waals surface area contributed by atoms with Crippen LogP contribution >= 0.6 is 0 Å². The van der Waals surface area contributed by atoms with Gasteiger partial charge in [-0.3, -0.25) is 4.84 Å². The van der Waals surface area contributed by atoms with Crippen molar-refractivity contribution in [1.29, 1.82) is 0 Å². The summed E-state index contributed by atoms with van der Waals surface area (Å²) in [5.41, 5.74) is 0. The van der Waals surface area contributed by atoms with Crippen molar-refractivity contribution in [2.24, 2.45) is 11.1 Å². The van der Waals surface area contributed by atoms with Crippen LogP contribution in [-0.2, 0) is 16.0 Å². The highest BCUT2D eigenvalue weighted by atomic mass is 32.2. The molecule has 0 bridgehead atoms. The first-order chi connectivity index (χ1) is 6.47. The molecule has 0 saturated carbocycles. The fourth-order valence-electron chi connectivity index (χ4n) is 0.694. The topological polar surface area (TPSA) is 73.8 Å². The maximum Gasteiger partial charge on any atom is 0.433 e. The number of nitrogens with zero attached hydrogens (tertiary/aromatic N) is 1. The molecule has 0 aliphatic carbocycles. The highest BCUT2D eigenvalue weighted by Gasteiger charge is 2.15. The molecule has 0 fully saturated rings. The number of hydrogen-bond donors (Lipinski definition) is 1. The minimum atomic E-state index is -1.20. The molecule has 0 radical (unpaired) electrons. The van der Waals surface area contributed by atoms with Crippen molar-refractivity contribution in [2.75, 3.05) is 13.3 Å². The van der Waals surface area contributed by atoms with Gasteiger partial charge in [-0.2, -0.15) is 0 Å². The summed E-state index contributed by atoms with van der Waals surface area (Å²) in [5, 5.41) is 6.18. The number of nitrogens with one attached hydrogen (secondary N) is 1. The van der Waals surface area contributed by atoms with Crippen LogP contribution in [0.5, 0.6) is 0 Å². The fraction of sp³-hybridized carbons (Fsp3) is 0.750. The number of hydrogen-bond acceptors (Lipinski definition) is 4. The molecule has 1 amide bonds. The van der Waals surface area contributed by atoms with Gasteiger partial charge >= 0.3 is 6.09 Å². The summed E-state index contributed by atoms with van der Waals surface area (Å²) < 4.78 is 11.1. The number of amides is 1. The maximum atomic E-state index is 11.1. The summed E-state index contributed by atoms with van der Waals surface area (Å²) >= 11 is -1.20. The number of oxime groups is 1. The molecule has 0 spiro atoms. The first-order valence-corrected chi connectivity index (χ1v) is 5.82. The Bertz CT molecular complexity index is 217. The van der Waals surface area contributed by atoms with Gasteiger partial charge in [0.25, 0.3) is 5.04 Å². The number of carbonyl (C=O) groups excluding carboxylic acids is 1. The third kappa shape index (κ3) is 5.82. The van der Waals surface area contributed by atoms with Crippen molar-refractivity contribution in [3.63, 3.8) is 0 Å². The standard InChI is InChI=1S/C8H16N2O3S/c1-6(2)5-7(14(4)12)10-13-8(11)9-3/h6H,5H2,1-4H3,(H,9,11). The van der Waals surface area contributed by atoms with E-state index in [2.05, 4.69) is 15.3 Å². The molecular weight excluding hydrogens is 204 g/mol. The van der Waals surface area contributed by atoms with Gasteiger partial charge in [0, 0.05) is 24.6 Å². The van der Waals surface area contributed by atoms with E-state index >= 15 is 0 Å². The van der Waals surface area contributed by atoms with Crippen LogP contribution in [0.2, 0.25) is 0 Å².